The first kappa shape index (κ1) is 10.5. The van der Waals surface area contributed by atoms with Crippen LogP contribution in [0.2, 0.25) is 0 Å². The molecule has 76 valence electrons. The third-order valence-electron chi connectivity index (χ3n) is 1.86. The summed E-state index contributed by atoms with van der Waals surface area (Å²) in [5.41, 5.74) is 4.83. The van der Waals surface area contributed by atoms with Crippen LogP contribution in [0.15, 0.2) is 24.0 Å². The highest BCUT2D eigenvalue weighted by atomic mass is 16.5. The summed E-state index contributed by atoms with van der Waals surface area (Å²) in [5, 5.41) is 0. The molecular formula is C10H13NO3. The smallest absolute Gasteiger partial charge is 0.336 e. The zero-order valence-electron chi connectivity index (χ0n) is 7.86. The molecule has 0 unspecified atom stereocenters. The number of hydrogen-bond acceptors (Lipinski definition) is 3. The van der Waals surface area contributed by atoms with Gasteiger partial charge in [-0.15, -0.1) is 0 Å². The summed E-state index contributed by atoms with van der Waals surface area (Å²) in [6.45, 7) is 0. The molecule has 0 heterocycles. The minimum absolute atomic E-state index is 0.544. The SMILES string of the molecule is NC(=O)/C=C\C(=O)OC1=CCCCC1. The number of carbonyl (C=O) groups is 2. The third kappa shape index (κ3) is 3.89. The van der Waals surface area contributed by atoms with Gasteiger partial charge in [0, 0.05) is 18.6 Å². The maximum Gasteiger partial charge on any atom is 0.336 e. The van der Waals surface area contributed by atoms with Gasteiger partial charge in [0.15, 0.2) is 0 Å². The van der Waals surface area contributed by atoms with Crippen LogP contribution in [-0.4, -0.2) is 11.9 Å². The number of amides is 1. The molecule has 0 radical (unpaired) electrons. The molecular weight excluding hydrogens is 182 g/mol. The Labute approximate surface area is 82.4 Å². The largest absolute Gasteiger partial charge is 0.428 e. The van der Waals surface area contributed by atoms with Crippen molar-refractivity contribution in [3.8, 4) is 0 Å². The molecule has 0 aliphatic heterocycles. The minimum Gasteiger partial charge on any atom is -0.428 e. The van der Waals surface area contributed by atoms with Gasteiger partial charge in [0.1, 0.15) is 5.76 Å². The number of esters is 1. The van der Waals surface area contributed by atoms with Crippen LogP contribution >= 0.6 is 0 Å². The second kappa shape index (κ2) is 5.21. The molecule has 14 heavy (non-hydrogen) atoms. The van der Waals surface area contributed by atoms with Gasteiger partial charge >= 0.3 is 5.97 Å². The molecule has 4 heteroatoms. The number of nitrogens with two attached hydrogens (primary N) is 1. The standard InChI is InChI=1S/C10H13NO3/c11-9(12)6-7-10(13)14-8-4-2-1-3-5-8/h4,6-7H,1-3,5H2,(H2,11,12)/b7-6-. The van der Waals surface area contributed by atoms with Crippen molar-refractivity contribution in [3.63, 3.8) is 0 Å². The number of rotatable bonds is 3. The molecule has 1 rings (SSSR count). The van der Waals surface area contributed by atoms with Crippen LogP contribution in [0, 0.1) is 0 Å². The molecule has 0 atom stereocenters. The van der Waals surface area contributed by atoms with Crippen molar-refractivity contribution in [3.05, 3.63) is 24.0 Å². The van der Waals surface area contributed by atoms with E-state index in [0.717, 1.165) is 37.8 Å². The van der Waals surface area contributed by atoms with Crippen molar-refractivity contribution in [1.29, 1.82) is 0 Å². The van der Waals surface area contributed by atoms with Crippen LogP contribution in [0.25, 0.3) is 0 Å². The van der Waals surface area contributed by atoms with E-state index >= 15 is 0 Å². The Balaban J connectivity index is 2.40. The fraction of sp³-hybridized carbons (Fsp3) is 0.400. The van der Waals surface area contributed by atoms with Crippen LogP contribution in [-0.2, 0) is 14.3 Å². The fourth-order valence-electron chi connectivity index (χ4n) is 1.21. The predicted octanol–water partition coefficient (Wildman–Crippen LogP) is 1.03. The first-order valence-electron chi connectivity index (χ1n) is 4.57. The first-order chi connectivity index (χ1) is 6.68. The Morgan fingerprint density at radius 3 is 2.71 bits per heavy atom. The number of primary amides is 1. The fourth-order valence-corrected chi connectivity index (χ4v) is 1.21. The highest BCUT2D eigenvalue weighted by Crippen LogP contribution is 2.18. The van der Waals surface area contributed by atoms with E-state index in [1.54, 1.807) is 0 Å². The van der Waals surface area contributed by atoms with Crippen LogP contribution in [0.3, 0.4) is 0 Å². The van der Waals surface area contributed by atoms with Gasteiger partial charge in [-0.1, -0.05) is 0 Å². The van der Waals surface area contributed by atoms with Crippen LogP contribution in [0.1, 0.15) is 25.7 Å². The molecule has 0 saturated carbocycles. The topological polar surface area (TPSA) is 69.4 Å². The van der Waals surface area contributed by atoms with E-state index in [0.29, 0.717) is 5.76 Å². The van der Waals surface area contributed by atoms with Gasteiger partial charge in [0.25, 0.3) is 0 Å². The Hall–Kier alpha value is -1.58. The van der Waals surface area contributed by atoms with Crippen molar-refractivity contribution in [1.82, 2.24) is 0 Å². The molecule has 0 aromatic carbocycles. The molecule has 0 spiro atoms. The Bertz CT molecular complexity index is 292. The highest BCUT2D eigenvalue weighted by Gasteiger charge is 2.07. The van der Waals surface area contributed by atoms with Gasteiger partial charge in [-0.2, -0.15) is 0 Å². The summed E-state index contributed by atoms with van der Waals surface area (Å²) in [5.74, 6) is -0.508. The Kier molecular flexibility index (Phi) is 3.91. The first-order valence-corrected chi connectivity index (χ1v) is 4.57. The van der Waals surface area contributed by atoms with Gasteiger partial charge in [-0.3, -0.25) is 4.79 Å². The van der Waals surface area contributed by atoms with E-state index < -0.39 is 11.9 Å². The third-order valence-corrected chi connectivity index (χ3v) is 1.86. The molecule has 2 N–H and O–H groups in total. The second-order valence-corrected chi connectivity index (χ2v) is 3.07. The van der Waals surface area contributed by atoms with Crippen molar-refractivity contribution in [2.45, 2.75) is 25.7 Å². The lowest BCUT2D eigenvalue weighted by atomic mass is 10.1. The lowest BCUT2D eigenvalue weighted by Crippen LogP contribution is -2.08. The van der Waals surface area contributed by atoms with Gasteiger partial charge in [0.2, 0.25) is 5.91 Å². The summed E-state index contributed by atoms with van der Waals surface area (Å²) in [6.07, 6.45) is 7.85. The molecule has 1 aliphatic rings. The number of allylic oxidation sites excluding steroid dienone is 2. The maximum absolute atomic E-state index is 11.1. The normalized spacial score (nSPS) is 16.4. The molecule has 1 aliphatic carbocycles. The highest BCUT2D eigenvalue weighted by molar-refractivity contribution is 5.93. The molecule has 4 nitrogen and oxygen atoms in total. The molecule has 0 aromatic heterocycles. The van der Waals surface area contributed by atoms with E-state index in [4.69, 9.17) is 10.5 Å². The Morgan fingerprint density at radius 2 is 2.14 bits per heavy atom. The molecule has 1 amide bonds. The lowest BCUT2D eigenvalue weighted by molar-refractivity contribution is -0.134. The molecule has 0 fully saturated rings. The van der Waals surface area contributed by atoms with Crippen molar-refractivity contribution < 1.29 is 14.3 Å². The lowest BCUT2D eigenvalue weighted by Gasteiger charge is -2.10. The van der Waals surface area contributed by atoms with Crippen molar-refractivity contribution in [2.75, 3.05) is 0 Å². The summed E-state index contributed by atoms with van der Waals surface area (Å²) in [6, 6.07) is 0. The maximum atomic E-state index is 11.1. The average molecular weight is 195 g/mol. The van der Waals surface area contributed by atoms with Crippen LogP contribution in [0.5, 0.6) is 0 Å². The van der Waals surface area contributed by atoms with E-state index in [2.05, 4.69) is 0 Å². The molecule has 0 bridgehead atoms. The molecule has 0 saturated heterocycles. The van der Waals surface area contributed by atoms with E-state index in [9.17, 15) is 9.59 Å². The van der Waals surface area contributed by atoms with Gasteiger partial charge in [-0.25, -0.2) is 4.79 Å². The Morgan fingerprint density at radius 1 is 1.36 bits per heavy atom. The van der Waals surface area contributed by atoms with Gasteiger partial charge in [-0.05, 0) is 25.3 Å². The summed E-state index contributed by atoms with van der Waals surface area (Å²) in [4.78, 5) is 21.4. The summed E-state index contributed by atoms with van der Waals surface area (Å²) in [7, 11) is 0. The van der Waals surface area contributed by atoms with E-state index in [1.165, 1.54) is 0 Å². The quantitative estimate of drug-likeness (QED) is 0.540. The zero-order chi connectivity index (χ0) is 10.4. The summed E-state index contributed by atoms with van der Waals surface area (Å²) < 4.78 is 4.97. The van der Waals surface area contributed by atoms with Crippen molar-refractivity contribution >= 4 is 11.9 Å². The van der Waals surface area contributed by atoms with Crippen LogP contribution in [0.4, 0.5) is 0 Å². The number of ether oxygens (including phenoxy) is 1. The van der Waals surface area contributed by atoms with Crippen LogP contribution < -0.4 is 5.73 Å². The van der Waals surface area contributed by atoms with E-state index in [-0.39, 0.29) is 0 Å². The summed E-state index contributed by atoms with van der Waals surface area (Å²) >= 11 is 0. The minimum atomic E-state index is -0.653. The van der Waals surface area contributed by atoms with Crippen molar-refractivity contribution in [2.24, 2.45) is 5.73 Å². The van der Waals surface area contributed by atoms with E-state index in [1.807, 2.05) is 6.08 Å². The number of carbonyl (C=O) groups excluding carboxylic acids is 2. The monoisotopic (exact) mass is 195 g/mol. The average Bonchev–Trinajstić information content (AvgIpc) is 2.16. The molecule has 0 aromatic rings. The second-order valence-electron chi connectivity index (χ2n) is 3.07. The number of hydrogen-bond donors (Lipinski definition) is 1. The predicted molar refractivity (Wildman–Crippen MR) is 51.0 cm³/mol. The van der Waals surface area contributed by atoms with Gasteiger partial charge < -0.3 is 10.5 Å². The van der Waals surface area contributed by atoms with Gasteiger partial charge in [0.05, 0.1) is 0 Å². The zero-order valence-corrected chi connectivity index (χ0v) is 7.86.